The molecule has 0 unspecified atom stereocenters. The first kappa shape index (κ1) is 28.6. The van der Waals surface area contributed by atoms with Gasteiger partial charge in [0.2, 0.25) is 0 Å². The quantitative estimate of drug-likeness (QED) is 0.0900. The van der Waals surface area contributed by atoms with E-state index < -0.39 is 8.32 Å². The molecule has 0 fully saturated rings. The van der Waals surface area contributed by atoms with E-state index in [2.05, 4.69) is 98.9 Å². The van der Waals surface area contributed by atoms with E-state index in [9.17, 15) is 4.79 Å². The molecule has 1 amide bonds. The van der Waals surface area contributed by atoms with E-state index in [1.807, 2.05) is 53.9 Å². The lowest BCUT2D eigenvalue weighted by molar-refractivity contribution is -0.113. The number of nitrogens with one attached hydrogen (secondary N) is 1. The fourth-order valence-corrected chi connectivity index (χ4v) is 10.3. The van der Waals surface area contributed by atoms with Crippen molar-refractivity contribution in [1.29, 1.82) is 0 Å². The van der Waals surface area contributed by atoms with Gasteiger partial charge in [0.1, 0.15) is 0 Å². The molecule has 0 aliphatic rings. The first-order valence-electron chi connectivity index (χ1n) is 13.4. The SMILES string of the molecule is CC(C)(C)[Si](OCCC/C(=C/Sc1ccccc1)C(=O)Nc1ccccc1)(c1ccccc1)c1ccccc1. The van der Waals surface area contributed by atoms with Crippen molar-refractivity contribution in [3.8, 4) is 0 Å². The van der Waals surface area contributed by atoms with Crippen molar-refractivity contribution in [1.82, 2.24) is 0 Å². The van der Waals surface area contributed by atoms with Crippen molar-refractivity contribution in [2.45, 2.75) is 43.5 Å². The standard InChI is InChI=1S/C34H37NO2SSi/c1-34(2,3)39(31-22-12-6-13-23-31,32-24-14-7-15-25-32)37-26-16-17-28(27-38-30-20-10-5-11-21-30)33(36)35-29-18-8-4-9-19-29/h4-15,18-25,27H,16-17,26H2,1-3H3,(H,35,36)/b28-27-. The van der Waals surface area contributed by atoms with Crippen molar-refractivity contribution in [3.63, 3.8) is 0 Å². The Morgan fingerprint density at radius 2 is 1.26 bits per heavy atom. The Morgan fingerprint density at radius 1 is 0.769 bits per heavy atom. The Kier molecular flexibility index (Phi) is 9.99. The predicted molar refractivity (Wildman–Crippen MR) is 168 cm³/mol. The fourth-order valence-electron chi connectivity index (χ4n) is 4.85. The van der Waals surface area contributed by atoms with Crippen LogP contribution in [-0.4, -0.2) is 20.8 Å². The molecule has 1 N–H and O–H groups in total. The number of hydrogen-bond donors (Lipinski definition) is 1. The lowest BCUT2D eigenvalue weighted by Crippen LogP contribution is -2.66. The van der Waals surface area contributed by atoms with Crippen LogP contribution in [0.2, 0.25) is 5.04 Å². The molecular formula is C34H37NO2SSi. The van der Waals surface area contributed by atoms with Gasteiger partial charge >= 0.3 is 0 Å². The Morgan fingerprint density at radius 3 is 1.77 bits per heavy atom. The molecule has 0 aliphatic heterocycles. The molecule has 39 heavy (non-hydrogen) atoms. The second-order valence-electron chi connectivity index (χ2n) is 10.5. The maximum Gasteiger partial charge on any atom is 0.261 e. The highest BCUT2D eigenvalue weighted by Gasteiger charge is 2.49. The zero-order valence-electron chi connectivity index (χ0n) is 23.0. The topological polar surface area (TPSA) is 38.3 Å². The smallest absolute Gasteiger partial charge is 0.261 e. The van der Waals surface area contributed by atoms with Gasteiger partial charge in [0.05, 0.1) is 0 Å². The monoisotopic (exact) mass is 551 g/mol. The first-order chi connectivity index (χ1) is 18.9. The van der Waals surface area contributed by atoms with E-state index in [1.54, 1.807) is 11.8 Å². The van der Waals surface area contributed by atoms with Crippen LogP contribution in [0.5, 0.6) is 0 Å². The van der Waals surface area contributed by atoms with Crippen LogP contribution in [-0.2, 0) is 9.22 Å². The molecule has 3 nitrogen and oxygen atoms in total. The molecule has 0 radical (unpaired) electrons. The summed E-state index contributed by atoms with van der Waals surface area (Å²) < 4.78 is 7.05. The second kappa shape index (κ2) is 13.6. The average Bonchev–Trinajstić information content (AvgIpc) is 2.96. The van der Waals surface area contributed by atoms with Gasteiger partial charge < -0.3 is 9.74 Å². The molecule has 4 aromatic rings. The maximum absolute atomic E-state index is 13.3. The molecule has 4 rings (SSSR count). The Balaban J connectivity index is 1.54. The van der Waals surface area contributed by atoms with Gasteiger partial charge in [-0.05, 0) is 57.9 Å². The van der Waals surface area contributed by atoms with Crippen LogP contribution in [0.4, 0.5) is 5.69 Å². The fraction of sp³-hybridized carbons (Fsp3) is 0.206. The van der Waals surface area contributed by atoms with Crippen LogP contribution in [0, 0.1) is 0 Å². The predicted octanol–water partition coefficient (Wildman–Crippen LogP) is 7.66. The Bertz CT molecular complexity index is 1300. The molecule has 0 heterocycles. The second-order valence-corrected chi connectivity index (χ2v) is 15.8. The van der Waals surface area contributed by atoms with E-state index in [0.717, 1.165) is 22.6 Å². The number of amides is 1. The van der Waals surface area contributed by atoms with E-state index >= 15 is 0 Å². The van der Waals surface area contributed by atoms with Gasteiger partial charge in [0.25, 0.3) is 14.2 Å². The molecule has 0 saturated carbocycles. The largest absolute Gasteiger partial charge is 0.407 e. The molecule has 0 bridgehead atoms. The molecule has 0 spiro atoms. The highest BCUT2D eigenvalue weighted by molar-refractivity contribution is 8.02. The molecule has 0 saturated heterocycles. The third kappa shape index (κ3) is 7.39. The maximum atomic E-state index is 13.3. The van der Waals surface area contributed by atoms with Crippen molar-refractivity contribution < 1.29 is 9.22 Å². The number of carbonyl (C=O) groups is 1. The molecule has 0 atom stereocenters. The normalized spacial score (nSPS) is 12.2. The number of rotatable bonds is 11. The summed E-state index contributed by atoms with van der Waals surface area (Å²) >= 11 is 1.57. The van der Waals surface area contributed by atoms with Gasteiger partial charge in [-0.15, -0.1) is 0 Å². The highest BCUT2D eigenvalue weighted by atomic mass is 32.2. The van der Waals surface area contributed by atoms with Crippen molar-refractivity contribution in [2.24, 2.45) is 0 Å². The van der Waals surface area contributed by atoms with Gasteiger partial charge in [-0.1, -0.05) is 130 Å². The van der Waals surface area contributed by atoms with Gasteiger partial charge in [0.15, 0.2) is 0 Å². The number of para-hydroxylation sites is 1. The Labute approximate surface area is 238 Å². The first-order valence-corrected chi connectivity index (χ1v) is 16.2. The van der Waals surface area contributed by atoms with Crippen molar-refractivity contribution in [3.05, 3.63) is 132 Å². The number of hydrogen-bond acceptors (Lipinski definition) is 3. The molecule has 0 aliphatic carbocycles. The van der Waals surface area contributed by atoms with E-state index in [4.69, 9.17) is 4.43 Å². The van der Waals surface area contributed by atoms with E-state index in [-0.39, 0.29) is 10.9 Å². The lowest BCUT2D eigenvalue weighted by atomic mass is 10.1. The minimum Gasteiger partial charge on any atom is -0.407 e. The summed E-state index contributed by atoms with van der Waals surface area (Å²) in [5.41, 5.74) is 1.54. The lowest BCUT2D eigenvalue weighted by Gasteiger charge is -2.43. The van der Waals surface area contributed by atoms with Crippen molar-refractivity contribution in [2.75, 3.05) is 11.9 Å². The summed E-state index contributed by atoms with van der Waals surface area (Å²) in [6, 6.07) is 41.1. The summed E-state index contributed by atoms with van der Waals surface area (Å²) in [5.74, 6) is -0.0740. The molecule has 200 valence electrons. The van der Waals surface area contributed by atoms with Crippen LogP contribution in [0.3, 0.4) is 0 Å². The minimum absolute atomic E-state index is 0.0740. The van der Waals surface area contributed by atoms with E-state index in [1.165, 1.54) is 10.4 Å². The molecular weight excluding hydrogens is 515 g/mol. The molecule has 5 heteroatoms. The van der Waals surface area contributed by atoms with E-state index in [0.29, 0.717) is 13.0 Å². The third-order valence-electron chi connectivity index (χ3n) is 6.73. The number of benzene rings is 4. The summed E-state index contributed by atoms with van der Waals surface area (Å²) in [6.45, 7) is 7.43. The van der Waals surface area contributed by atoms with Gasteiger partial charge in [0, 0.05) is 22.8 Å². The van der Waals surface area contributed by atoms with Crippen LogP contribution < -0.4 is 15.7 Å². The molecule has 4 aromatic carbocycles. The number of thioether (sulfide) groups is 1. The minimum atomic E-state index is -2.61. The summed E-state index contributed by atoms with van der Waals surface area (Å²) in [4.78, 5) is 14.4. The summed E-state index contributed by atoms with van der Waals surface area (Å²) in [5, 5.41) is 7.49. The van der Waals surface area contributed by atoms with Crippen LogP contribution in [0.25, 0.3) is 0 Å². The zero-order valence-corrected chi connectivity index (χ0v) is 24.8. The zero-order chi connectivity index (χ0) is 27.6. The van der Waals surface area contributed by atoms with Crippen LogP contribution in [0.1, 0.15) is 33.6 Å². The van der Waals surface area contributed by atoms with Crippen molar-refractivity contribution >= 4 is 42.0 Å². The summed E-state index contributed by atoms with van der Waals surface area (Å²) in [7, 11) is -2.61. The van der Waals surface area contributed by atoms with Crippen LogP contribution in [0.15, 0.2) is 137 Å². The number of carbonyl (C=O) groups excluding carboxylic acids is 1. The average molecular weight is 552 g/mol. The van der Waals surface area contributed by atoms with Crippen LogP contribution >= 0.6 is 11.8 Å². The highest BCUT2D eigenvalue weighted by Crippen LogP contribution is 2.37. The molecule has 0 aromatic heterocycles. The third-order valence-corrected chi connectivity index (χ3v) is 12.7. The van der Waals surface area contributed by atoms with Gasteiger partial charge in [-0.3, -0.25) is 4.79 Å². The number of anilines is 1. The van der Waals surface area contributed by atoms with Gasteiger partial charge in [-0.25, -0.2) is 0 Å². The summed E-state index contributed by atoms with van der Waals surface area (Å²) in [6.07, 6.45) is 1.37. The Hall–Kier alpha value is -3.38. The van der Waals surface area contributed by atoms with Gasteiger partial charge in [-0.2, -0.15) is 0 Å².